The number of halogens is 3. The summed E-state index contributed by atoms with van der Waals surface area (Å²) in [7, 11) is 2.76. The lowest BCUT2D eigenvalue weighted by Gasteiger charge is -2.20. The van der Waals surface area contributed by atoms with E-state index in [4.69, 9.17) is 4.74 Å². The molecule has 0 radical (unpaired) electrons. The zero-order valence-corrected chi connectivity index (χ0v) is 19.5. The number of aryl methyl sites for hydroxylation is 1. The molecule has 196 valence electrons. The Labute approximate surface area is 207 Å². The molecule has 3 aromatic rings. The van der Waals surface area contributed by atoms with Crippen molar-refractivity contribution < 1.29 is 42.4 Å². The number of carboxylic acids is 1. The van der Waals surface area contributed by atoms with Crippen molar-refractivity contribution in [2.75, 3.05) is 12.4 Å². The highest BCUT2D eigenvalue weighted by molar-refractivity contribution is 5.91. The van der Waals surface area contributed by atoms with E-state index >= 15 is 0 Å². The first kappa shape index (κ1) is 26.9. The maximum Gasteiger partial charge on any atom is 0.573 e. The number of anilines is 1. The van der Waals surface area contributed by atoms with Crippen LogP contribution in [0.2, 0.25) is 0 Å². The van der Waals surface area contributed by atoms with Gasteiger partial charge in [-0.25, -0.2) is 4.79 Å². The molecule has 0 aliphatic heterocycles. The van der Waals surface area contributed by atoms with Crippen molar-refractivity contribution in [3.8, 4) is 28.4 Å². The van der Waals surface area contributed by atoms with Crippen molar-refractivity contribution >= 4 is 17.7 Å². The number of carbonyl (C=O) groups is 2. The number of urea groups is 1. The van der Waals surface area contributed by atoms with Crippen LogP contribution < -0.4 is 25.7 Å². The zero-order chi connectivity index (χ0) is 27.3. The van der Waals surface area contributed by atoms with Gasteiger partial charge in [-0.1, -0.05) is 18.2 Å². The molecule has 1 heterocycles. The van der Waals surface area contributed by atoms with Gasteiger partial charge < -0.3 is 34.9 Å². The standard InChI is InChI=1S/C24H22F3N3O7/c1-30-9-8-18(31)21(22(30)34)29-23(35)28-17(12-20(32)33)14-6-7-19(36-2)16(11-14)13-4-3-5-15(10-13)37-24(25,26)27/h3-11,17,31H,12H2,1-2H3,(H,32,33)(H2,28,29,35). The summed E-state index contributed by atoms with van der Waals surface area (Å²) in [6.45, 7) is 0. The predicted molar refractivity (Wildman–Crippen MR) is 126 cm³/mol. The highest BCUT2D eigenvalue weighted by Crippen LogP contribution is 2.36. The number of aromatic hydroxyl groups is 1. The Kier molecular flexibility index (Phi) is 7.95. The number of nitrogens with one attached hydrogen (secondary N) is 2. The van der Waals surface area contributed by atoms with Crippen molar-refractivity contribution in [2.45, 2.75) is 18.8 Å². The van der Waals surface area contributed by atoms with E-state index < -0.39 is 53.6 Å². The molecule has 4 N–H and O–H groups in total. The van der Waals surface area contributed by atoms with Crippen molar-refractivity contribution in [1.82, 2.24) is 9.88 Å². The summed E-state index contributed by atoms with van der Waals surface area (Å²) in [5.41, 5.74) is -0.247. The van der Waals surface area contributed by atoms with E-state index in [9.17, 15) is 37.8 Å². The van der Waals surface area contributed by atoms with Crippen molar-refractivity contribution in [2.24, 2.45) is 7.05 Å². The molecule has 2 amide bonds. The van der Waals surface area contributed by atoms with Crippen LogP contribution in [0, 0.1) is 0 Å². The van der Waals surface area contributed by atoms with Crippen LogP contribution in [0.1, 0.15) is 18.0 Å². The molecular weight excluding hydrogens is 499 g/mol. The number of ether oxygens (including phenoxy) is 2. The van der Waals surface area contributed by atoms with Crippen LogP contribution in [-0.4, -0.2) is 40.3 Å². The molecule has 10 nitrogen and oxygen atoms in total. The summed E-state index contributed by atoms with van der Waals surface area (Å²) in [5, 5.41) is 24.0. The fraction of sp³-hybridized carbons (Fsp3) is 0.208. The van der Waals surface area contributed by atoms with Gasteiger partial charge in [0, 0.05) is 18.8 Å². The Hall–Kier alpha value is -4.68. The Balaban J connectivity index is 1.95. The number of benzene rings is 2. The van der Waals surface area contributed by atoms with E-state index in [2.05, 4.69) is 15.4 Å². The smallest absolute Gasteiger partial charge is 0.505 e. The highest BCUT2D eigenvalue weighted by Gasteiger charge is 2.31. The Morgan fingerprint density at radius 1 is 1.14 bits per heavy atom. The van der Waals surface area contributed by atoms with Crippen LogP contribution in [0.15, 0.2) is 59.5 Å². The third-order valence-corrected chi connectivity index (χ3v) is 5.17. The van der Waals surface area contributed by atoms with Crippen molar-refractivity contribution in [1.29, 1.82) is 0 Å². The molecule has 0 bridgehead atoms. The molecule has 1 atom stereocenters. The largest absolute Gasteiger partial charge is 0.573 e. The van der Waals surface area contributed by atoms with Gasteiger partial charge in [-0.2, -0.15) is 0 Å². The number of hydrogen-bond donors (Lipinski definition) is 4. The van der Waals surface area contributed by atoms with Gasteiger partial charge >= 0.3 is 18.4 Å². The van der Waals surface area contributed by atoms with E-state index in [1.807, 2.05) is 0 Å². The maximum atomic E-state index is 12.7. The Morgan fingerprint density at radius 2 is 1.86 bits per heavy atom. The number of amides is 2. The lowest BCUT2D eigenvalue weighted by atomic mass is 9.96. The minimum atomic E-state index is -4.90. The van der Waals surface area contributed by atoms with Gasteiger partial charge in [-0.15, -0.1) is 13.2 Å². The summed E-state index contributed by atoms with van der Waals surface area (Å²) < 4.78 is 48.4. The molecule has 0 aliphatic rings. The Morgan fingerprint density at radius 3 is 2.51 bits per heavy atom. The quantitative estimate of drug-likeness (QED) is 0.351. The number of alkyl halides is 3. The first-order valence-electron chi connectivity index (χ1n) is 10.6. The fourth-order valence-corrected chi connectivity index (χ4v) is 3.50. The first-order chi connectivity index (χ1) is 17.4. The predicted octanol–water partition coefficient (Wildman–Crippen LogP) is 4.00. The van der Waals surface area contributed by atoms with E-state index in [1.54, 1.807) is 0 Å². The van der Waals surface area contributed by atoms with E-state index in [1.165, 1.54) is 56.8 Å². The van der Waals surface area contributed by atoms with Gasteiger partial charge in [0.15, 0.2) is 5.69 Å². The van der Waals surface area contributed by atoms with Gasteiger partial charge in [0.1, 0.15) is 17.2 Å². The number of nitrogens with zero attached hydrogens (tertiary/aromatic N) is 1. The SMILES string of the molecule is COc1ccc(C(CC(=O)O)NC(=O)Nc2c(O)ccn(C)c2=O)cc1-c1cccc(OC(F)(F)F)c1. The van der Waals surface area contributed by atoms with Crippen molar-refractivity contribution in [3.63, 3.8) is 0 Å². The molecule has 0 saturated heterocycles. The van der Waals surface area contributed by atoms with E-state index in [0.29, 0.717) is 5.56 Å². The average Bonchev–Trinajstić information content (AvgIpc) is 2.82. The molecule has 2 aromatic carbocycles. The van der Waals surface area contributed by atoms with Gasteiger partial charge in [0.2, 0.25) is 0 Å². The summed E-state index contributed by atoms with van der Waals surface area (Å²) in [4.78, 5) is 36.4. The minimum Gasteiger partial charge on any atom is -0.505 e. The number of rotatable bonds is 8. The number of carbonyl (C=O) groups excluding carboxylic acids is 1. The number of hydrogen-bond acceptors (Lipinski definition) is 6. The lowest BCUT2D eigenvalue weighted by Crippen LogP contribution is -2.36. The first-order valence-corrected chi connectivity index (χ1v) is 10.6. The normalized spacial score (nSPS) is 11.9. The van der Waals surface area contributed by atoms with Crippen LogP contribution >= 0.6 is 0 Å². The topological polar surface area (TPSA) is 139 Å². The molecule has 13 heteroatoms. The van der Waals surface area contributed by atoms with Crippen molar-refractivity contribution in [3.05, 3.63) is 70.6 Å². The molecule has 37 heavy (non-hydrogen) atoms. The monoisotopic (exact) mass is 521 g/mol. The number of aromatic nitrogens is 1. The maximum absolute atomic E-state index is 12.7. The van der Waals surface area contributed by atoms with Gasteiger partial charge in [-0.3, -0.25) is 9.59 Å². The second kappa shape index (κ2) is 10.9. The van der Waals surface area contributed by atoms with E-state index in [0.717, 1.165) is 16.7 Å². The minimum absolute atomic E-state index is 0.268. The molecular formula is C24H22F3N3O7. The number of pyridine rings is 1. The van der Waals surface area contributed by atoms with Crippen LogP contribution in [0.4, 0.5) is 23.7 Å². The summed E-state index contributed by atoms with van der Waals surface area (Å²) >= 11 is 0. The summed E-state index contributed by atoms with van der Waals surface area (Å²) in [6, 6.07) is 8.59. The molecule has 3 rings (SSSR count). The van der Waals surface area contributed by atoms with Crippen LogP contribution in [0.5, 0.6) is 17.2 Å². The molecule has 0 fully saturated rings. The molecule has 0 spiro atoms. The van der Waals surface area contributed by atoms with Gasteiger partial charge in [0.25, 0.3) is 5.56 Å². The zero-order valence-electron chi connectivity index (χ0n) is 19.5. The second-order valence-electron chi connectivity index (χ2n) is 7.78. The third-order valence-electron chi connectivity index (χ3n) is 5.17. The van der Waals surface area contributed by atoms with E-state index in [-0.39, 0.29) is 16.9 Å². The second-order valence-corrected chi connectivity index (χ2v) is 7.78. The molecule has 1 aromatic heterocycles. The molecule has 0 saturated carbocycles. The fourth-order valence-electron chi connectivity index (χ4n) is 3.50. The average molecular weight is 521 g/mol. The number of aliphatic carboxylic acids is 1. The number of carboxylic acid groups (broad SMARTS) is 1. The molecule has 0 aliphatic carbocycles. The Bertz CT molecular complexity index is 1370. The highest BCUT2D eigenvalue weighted by atomic mass is 19.4. The van der Waals surface area contributed by atoms with Gasteiger partial charge in [-0.05, 0) is 41.5 Å². The third kappa shape index (κ3) is 6.93. The molecule has 1 unspecified atom stereocenters. The summed E-state index contributed by atoms with van der Waals surface area (Å²) in [5.74, 6) is -1.95. The van der Waals surface area contributed by atoms with Crippen LogP contribution in [0.3, 0.4) is 0 Å². The van der Waals surface area contributed by atoms with Crippen LogP contribution in [0.25, 0.3) is 11.1 Å². The van der Waals surface area contributed by atoms with Crippen LogP contribution in [-0.2, 0) is 11.8 Å². The van der Waals surface area contributed by atoms with Gasteiger partial charge in [0.05, 0.1) is 19.6 Å². The number of methoxy groups -OCH3 is 1. The lowest BCUT2D eigenvalue weighted by molar-refractivity contribution is -0.274. The summed E-state index contributed by atoms with van der Waals surface area (Å²) in [6.07, 6.45) is -4.18.